The summed E-state index contributed by atoms with van der Waals surface area (Å²) in [6.45, 7) is 1.93. The first kappa shape index (κ1) is 10.8. The van der Waals surface area contributed by atoms with Gasteiger partial charge in [-0.05, 0) is 36.8 Å². The van der Waals surface area contributed by atoms with E-state index in [1.54, 1.807) is 18.3 Å². The van der Waals surface area contributed by atoms with E-state index in [1.807, 2.05) is 25.1 Å². The molecule has 0 atom stereocenters. The molecule has 0 saturated heterocycles. The lowest BCUT2D eigenvalue weighted by molar-refractivity contribution is 0.112. The van der Waals surface area contributed by atoms with Crippen molar-refractivity contribution in [2.45, 2.75) is 6.92 Å². The van der Waals surface area contributed by atoms with E-state index in [0.29, 0.717) is 10.6 Å². The Hall–Kier alpha value is -1.67. The molecule has 3 heteroatoms. The lowest BCUT2D eigenvalue weighted by Gasteiger charge is -2.03. The van der Waals surface area contributed by atoms with Crippen molar-refractivity contribution in [2.75, 3.05) is 0 Å². The summed E-state index contributed by atoms with van der Waals surface area (Å²) in [7, 11) is 0. The monoisotopic (exact) mass is 231 g/mol. The number of aldehydes is 1. The van der Waals surface area contributed by atoms with Crippen molar-refractivity contribution in [3.63, 3.8) is 0 Å². The van der Waals surface area contributed by atoms with Crippen molar-refractivity contribution in [2.24, 2.45) is 0 Å². The first-order valence-corrected chi connectivity index (χ1v) is 5.25. The zero-order valence-corrected chi connectivity index (χ0v) is 9.53. The average Bonchev–Trinajstić information content (AvgIpc) is 2.29. The maximum Gasteiger partial charge on any atom is 0.150 e. The summed E-state index contributed by atoms with van der Waals surface area (Å²) in [5.74, 6) is 0. The van der Waals surface area contributed by atoms with Crippen LogP contribution in [0.15, 0.2) is 36.5 Å². The Bertz CT molecular complexity index is 520. The van der Waals surface area contributed by atoms with Gasteiger partial charge in [0.2, 0.25) is 0 Å². The van der Waals surface area contributed by atoms with Crippen LogP contribution in [0.5, 0.6) is 0 Å². The summed E-state index contributed by atoms with van der Waals surface area (Å²) in [5.41, 5.74) is 3.39. The minimum absolute atomic E-state index is 0.556. The standard InChI is InChI=1S/C13H10ClNO/c1-9-2-3-11(7-15-9)12-4-10(8-16)5-13(14)6-12/h2-8H,1H3. The number of hydrogen-bond donors (Lipinski definition) is 0. The summed E-state index contributed by atoms with van der Waals surface area (Å²) in [5, 5.41) is 0.556. The van der Waals surface area contributed by atoms with Gasteiger partial charge in [0.1, 0.15) is 6.29 Å². The Labute approximate surface area is 98.9 Å². The van der Waals surface area contributed by atoms with Crippen LogP contribution in [0.2, 0.25) is 5.02 Å². The molecule has 1 heterocycles. The minimum atomic E-state index is 0.556. The number of halogens is 1. The fraction of sp³-hybridized carbons (Fsp3) is 0.0769. The molecule has 1 aromatic carbocycles. The first-order chi connectivity index (χ1) is 7.69. The van der Waals surface area contributed by atoms with Crippen LogP contribution in [-0.2, 0) is 0 Å². The molecule has 0 aliphatic heterocycles. The summed E-state index contributed by atoms with van der Waals surface area (Å²) in [4.78, 5) is 14.9. The van der Waals surface area contributed by atoms with Crippen LogP contribution in [-0.4, -0.2) is 11.3 Å². The molecule has 0 aliphatic rings. The van der Waals surface area contributed by atoms with E-state index in [-0.39, 0.29) is 0 Å². The van der Waals surface area contributed by atoms with E-state index >= 15 is 0 Å². The lowest BCUT2D eigenvalue weighted by atomic mass is 10.1. The van der Waals surface area contributed by atoms with Crippen LogP contribution in [0, 0.1) is 6.92 Å². The zero-order chi connectivity index (χ0) is 11.5. The topological polar surface area (TPSA) is 30.0 Å². The van der Waals surface area contributed by atoms with Crippen LogP contribution in [0.3, 0.4) is 0 Å². The SMILES string of the molecule is Cc1ccc(-c2cc(Cl)cc(C=O)c2)cn1. The third-order valence-electron chi connectivity index (χ3n) is 2.30. The number of aryl methyl sites for hydroxylation is 1. The first-order valence-electron chi connectivity index (χ1n) is 4.88. The number of carbonyl (C=O) groups is 1. The van der Waals surface area contributed by atoms with Crippen molar-refractivity contribution in [1.82, 2.24) is 4.98 Å². The Morgan fingerprint density at radius 3 is 2.62 bits per heavy atom. The molecule has 0 aliphatic carbocycles. The molecule has 0 spiro atoms. The van der Waals surface area contributed by atoms with Crippen molar-refractivity contribution in [1.29, 1.82) is 0 Å². The normalized spacial score (nSPS) is 10.1. The molecule has 2 rings (SSSR count). The van der Waals surface area contributed by atoms with Crippen LogP contribution in [0.4, 0.5) is 0 Å². The lowest BCUT2D eigenvalue weighted by Crippen LogP contribution is -1.86. The van der Waals surface area contributed by atoms with Gasteiger partial charge in [-0.2, -0.15) is 0 Å². The summed E-state index contributed by atoms with van der Waals surface area (Å²) >= 11 is 5.93. The molecule has 0 N–H and O–H groups in total. The van der Waals surface area contributed by atoms with Crippen molar-refractivity contribution >= 4 is 17.9 Å². The van der Waals surface area contributed by atoms with Gasteiger partial charge in [0.15, 0.2) is 0 Å². The van der Waals surface area contributed by atoms with Gasteiger partial charge in [0, 0.05) is 28.0 Å². The van der Waals surface area contributed by atoms with Crippen LogP contribution >= 0.6 is 11.6 Å². The molecule has 0 unspecified atom stereocenters. The Morgan fingerprint density at radius 2 is 2.00 bits per heavy atom. The fourth-order valence-corrected chi connectivity index (χ4v) is 1.73. The highest BCUT2D eigenvalue weighted by atomic mass is 35.5. The molecule has 0 radical (unpaired) electrons. The van der Waals surface area contributed by atoms with Gasteiger partial charge in [-0.3, -0.25) is 9.78 Å². The fourth-order valence-electron chi connectivity index (χ4n) is 1.49. The van der Waals surface area contributed by atoms with E-state index in [9.17, 15) is 4.79 Å². The number of hydrogen-bond acceptors (Lipinski definition) is 2. The van der Waals surface area contributed by atoms with Gasteiger partial charge in [-0.15, -0.1) is 0 Å². The molecule has 0 bridgehead atoms. The Kier molecular flexibility index (Phi) is 3.02. The minimum Gasteiger partial charge on any atom is -0.298 e. The van der Waals surface area contributed by atoms with Crippen molar-refractivity contribution in [3.05, 3.63) is 52.8 Å². The second-order valence-corrected chi connectivity index (χ2v) is 4.02. The van der Waals surface area contributed by atoms with Crippen molar-refractivity contribution < 1.29 is 4.79 Å². The number of benzene rings is 1. The van der Waals surface area contributed by atoms with E-state index in [2.05, 4.69) is 4.98 Å². The smallest absolute Gasteiger partial charge is 0.150 e. The number of aromatic nitrogens is 1. The highest BCUT2D eigenvalue weighted by molar-refractivity contribution is 6.31. The van der Waals surface area contributed by atoms with Gasteiger partial charge in [0.05, 0.1) is 0 Å². The molecule has 0 saturated carbocycles. The summed E-state index contributed by atoms with van der Waals surface area (Å²) in [6, 6.07) is 9.14. The van der Waals surface area contributed by atoms with E-state index in [1.165, 1.54) is 0 Å². The zero-order valence-electron chi connectivity index (χ0n) is 8.77. The molecule has 16 heavy (non-hydrogen) atoms. The maximum atomic E-state index is 10.7. The van der Waals surface area contributed by atoms with Crippen LogP contribution < -0.4 is 0 Å². The third-order valence-corrected chi connectivity index (χ3v) is 2.52. The maximum absolute atomic E-state index is 10.7. The summed E-state index contributed by atoms with van der Waals surface area (Å²) in [6.07, 6.45) is 2.56. The Balaban J connectivity index is 2.51. The summed E-state index contributed by atoms with van der Waals surface area (Å²) < 4.78 is 0. The largest absolute Gasteiger partial charge is 0.298 e. The van der Waals surface area contributed by atoms with Gasteiger partial charge >= 0.3 is 0 Å². The second kappa shape index (κ2) is 4.45. The van der Waals surface area contributed by atoms with Crippen LogP contribution in [0.1, 0.15) is 16.1 Å². The Morgan fingerprint density at radius 1 is 1.19 bits per heavy atom. The number of rotatable bonds is 2. The third kappa shape index (κ3) is 2.28. The highest BCUT2D eigenvalue weighted by Gasteiger charge is 2.02. The predicted octanol–water partition coefficient (Wildman–Crippen LogP) is 3.52. The molecule has 2 nitrogen and oxygen atoms in total. The van der Waals surface area contributed by atoms with Gasteiger partial charge in [-0.1, -0.05) is 17.7 Å². The van der Waals surface area contributed by atoms with Crippen LogP contribution in [0.25, 0.3) is 11.1 Å². The van der Waals surface area contributed by atoms with E-state index in [4.69, 9.17) is 11.6 Å². The van der Waals surface area contributed by atoms with E-state index < -0.39 is 0 Å². The number of nitrogens with zero attached hydrogens (tertiary/aromatic N) is 1. The number of pyridine rings is 1. The van der Waals surface area contributed by atoms with Crippen molar-refractivity contribution in [3.8, 4) is 11.1 Å². The molecule has 2 aromatic rings. The molecule has 1 aromatic heterocycles. The molecule has 80 valence electrons. The second-order valence-electron chi connectivity index (χ2n) is 3.58. The van der Waals surface area contributed by atoms with Gasteiger partial charge < -0.3 is 0 Å². The molecular formula is C13H10ClNO. The molecular weight excluding hydrogens is 222 g/mol. The number of carbonyl (C=O) groups excluding carboxylic acids is 1. The highest BCUT2D eigenvalue weighted by Crippen LogP contribution is 2.23. The average molecular weight is 232 g/mol. The quantitative estimate of drug-likeness (QED) is 0.741. The molecule has 0 amide bonds. The van der Waals surface area contributed by atoms with Gasteiger partial charge in [-0.25, -0.2) is 0 Å². The van der Waals surface area contributed by atoms with E-state index in [0.717, 1.165) is 23.1 Å². The predicted molar refractivity (Wildman–Crippen MR) is 64.8 cm³/mol. The molecule has 0 fully saturated rings. The van der Waals surface area contributed by atoms with Gasteiger partial charge in [0.25, 0.3) is 0 Å².